The van der Waals surface area contributed by atoms with Gasteiger partial charge in [0.15, 0.2) is 18.1 Å². The molecule has 3 aromatic carbocycles. The first-order chi connectivity index (χ1) is 16.4. The summed E-state index contributed by atoms with van der Waals surface area (Å²) in [5.41, 5.74) is 6.94. The first-order valence-electron chi connectivity index (χ1n) is 10.1. The minimum atomic E-state index is -0.677. The zero-order chi connectivity index (χ0) is 24.5. The topological polar surface area (TPSA) is 141 Å². The number of urea groups is 1. The Hall–Kier alpha value is -4.73. The lowest BCUT2D eigenvalue weighted by Crippen LogP contribution is -2.20. The van der Waals surface area contributed by atoms with Crippen molar-refractivity contribution >= 4 is 34.9 Å². The van der Waals surface area contributed by atoms with Crippen LogP contribution in [0.1, 0.15) is 10.4 Å². The molecule has 5 N–H and O–H groups in total. The molecule has 0 bridgehead atoms. The second-order valence-corrected chi connectivity index (χ2v) is 6.92. The van der Waals surface area contributed by atoms with E-state index in [4.69, 9.17) is 19.9 Å². The summed E-state index contributed by atoms with van der Waals surface area (Å²) in [5.74, 6) is 0.356. The van der Waals surface area contributed by atoms with Gasteiger partial charge in [-0.3, -0.25) is 9.59 Å². The lowest BCUT2D eigenvalue weighted by Gasteiger charge is -2.13. The van der Waals surface area contributed by atoms with Gasteiger partial charge in [-0.15, -0.1) is 0 Å². The zero-order valence-electron chi connectivity index (χ0n) is 18.6. The molecule has 3 aromatic rings. The van der Waals surface area contributed by atoms with Crippen LogP contribution in [0.25, 0.3) is 0 Å². The van der Waals surface area contributed by atoms with Crippen molar-refractivity contribution in [2.75, 3.05) is 36.8 Å². The van der Waals surface area contributed by atoms with E-state index in [1.165, 1.54) is 20.3 Å². The van der Waals surface area contributed by atoms with Gasteiger partial charge < -0.3 is 35.9 Å². The first kappa shape index (κ1) is 23.9. The highest BCUT2D eigenvalue weighted by molar-refractivity contribution is 6.04. The van der Waals surface area contributed by atoms with Crippen molar-refractivity contribution < 1.29 is 28.6 Å². The number of carbonyl (C=O) groups is 3. The number of benzene rings is 3. The molecule has 0 radical (unpaired) electrons. The molecule has 4 amide bonds. The lowest BCUT2D eigenvalue weighted by atomic mass is 10.1. The molecule has 0 saturated carbocycles. The van der Waals surface area contributed by atoms with E-state index in [1.807, 2.05) is 0 Å². The van der Waals surface area contributed by atoms with Crippen LogP contribution in [-0.2, 0) is 4.79 Å². The first-order valence-corrected chi connectivity index (χ1v) is 10.1. The number of hydrogen-bond donors (Lipinski definition) is 4. The molecule has 0 saturated heterocycles. The molecule has 0 spiro atoms. The van der Waals surface area contributed by atoms with Gasteiger partial charge in [-0.25, -0.2) is 4.79 Å². The number of hydrogen-bond acceptors (Lipinski definition) is 6. The van der Waals surface area contributed by atoms with Crippen molar-refractivity contribution in [2.24, 2.45) is 5.73 Å². The van der Waals surface area contributed by atoms with E-state index in [0.717, 1.165) is 0 Å². The minimum absolute atomic E-state index is 0.272. The van der Waals surface area contributed by atoms with Crippen LogP contribution in [-0.4, -0.2) is 38.7 Å². The number of ether oxygens (including phenoxy) is 3. The van der Waals surface area contributed by atoms with Gasteiger partial charge in [-0.1, -0.05) is 12.1 Å². The highest BCUT2D eigenvalue weighted by Crippen LogP contribution is 2.29. The van der Waals surface area contributed by atoms with E-state index < -0.39 is 6.03 Å². The molecule has 34 heavy (non-hydrogen) atoms. The number of methoxy groups -OCH3 is 2. The van der Waals surface area contributed by atoms with Crippen molar-refractivity contribution in [1.29, 1.82) is 0 Å². The summed E-state index contributed by atoms with van der Waals surface area (Å²) in [5, 5.41) is 7.90. The molecule has 10 nitrogen and oxygen atoms in total. The highest BCUT2D eigenvalue weighted by atomic mass is 16.5. The molecule has 0 aliphatic rings. The molecule has 0 aliphatic carbocycles. The van der Waals surface area contributed by atoms with Crippen LogP contribution >= 0.6 is 0 Å². The van der Waals surface area contributed by atoms with Crippen LogP contribution in [0.5, 0.6) is 17.2 Å². The van der Waals surface area contributed by atoms with Gasteiger partial charge in [0.25, 0.3) is 11.8 Å². The molecule has 0 unspecified atom stereocenters. The lowest BCUT2D eigenvalue weighted by molar-refractivity contribution is -0.118. The summed E-state index contributed by atoms with van der Waals surface area (Å²) in [6.07, 6.45) is 0. The number of amides is 4. The average molecular weight is 464 g/mol. The summed E-state index contributed by atoms with van der Waals surface area (Å²) < 4.78 is 16.1. The largest absolute Gasteiger partial charge is 0.495 e. The third kappa shape index (κ3) is 6.39. The number of anilines is 3. The Kier molecular flexibility index (Phi) is 7.90. The Morgan fingerprint density at radius 3 is 2.06 bits per heavy atom. The van der Waals surface area contributed by atoms with E-state index in [-0.39, 0.29) is 18.4 Å². The number of nitrogens with one attached hydrogen (secondary N) is 3. The zero-order valence-corrected chi connectivity index (χ0v) is 18.6. The molecule has 10 heteroatoms. The summed E-state index contributed by atoms with van der Waals surface area (Å²) in [6, 6.07) is 17.4. The van der Waals surface area contributed by atoms with E-state index in [1.54, 1.807) is 60.7 Å². The van der Waals surface area contributed by atoms with Crippen LogP contribution in [0.3, 0.4) is 0 Å². The fourth-order valence-corrected chi connectivity index (χ4v) is 2.99. The standard InChI is InChI=1S/C24H24N4O6/c1-32-19-6-4-3-5-18(19)28-22(29)14-34-20-12-7-15(13-21(20)33-2)23(30)26-16-8-10-17(11-9-16)27-24(25)31/h3-13H,14H2,1-2H3,(H,26,30)(H,28,29)(H3,25,27,31). The minimum Gasteiger partial charge on any atom is -0.495 e. The van der Waals surface area contributed by atoms with Gasteiger partial charge in [0.1, 0.15) is 5.75 Å². The summed E-state index contributed by atoms with van der Waals surface area (Å²) in [7, 11) is 2.95. The third-order valence-electron chi connectivity index (χ3n) is 4.58. The predicted octanol–water partition coefficient (Wildman–Crippen LogP) is 3.46. The van der Waals surface area contributed by atoms with Crippen molar-refractivity contribution in [1.82, 2.24) is 0 Å². The molecule has 3 rings (SSSR count). The van der Waals surface area contributed by atoms with E-state index in [0.29, 0.717) is 39.9 Å². The van der Waals surface area contributed by atoms with Gasteiger partial charge in [0, 0.05) is 16.9 Å². The van der Waals surface area contributed by atoms with Crippen molar-refractivity contribution in [3.8, 4) is 17.2 Å². The van der Waals surface area contributed by atoms with Gasteiger partial charge in [0.05, 0.1) is 19.9 Å². The fourth-order valence-electron chi connectivity index (χ4n) is 2.99. The third-order valence-corrected chi connectivity index (χ3v) is 4.58. The quantitative estimate of drug-likeness (QED) is 0.382. The van der Waals surface area contributed by atoms with Crippen LogP contribution in [0.4, 0.5) is 21.9 Å². The maximum atomic E-state index is 12.6. The summed E-state index contributed by atoms with van der Waals surface area (Å²) >= 11 is 0. The van der Waals surface area contributed by atoms with Gasteiger partial charge >= 0.3 is 6.03 Å². The molecule has 0 aromatic heterocycles. The average Bonchev–Trinajstić information content (AvgIpc) is 2.83. The van der Waals surface area contributed by atoms with E-state index >= 15 is 0 Å². The highest BCUT2D eigenvalue weighted by Gasteiger charge is 2.14. The van der Waals surface area contributed by atoms with Crippen LogP contribution in [0.15, 0.2) is 66.7 Å². The molecule has 176 valence electrons. The van der Waals surface area contributed by atoms with Crippen LogP contribution in [0.2, 0.25) is 0 Å². The SMILES string of the molecule is COc1ccccc1NC(=O)COc1ccc(C(=O)Nc2ccc(NC(N)=O)cc2)cc1OC. The number of nitrogens with two attached hydrogens (primary N) is 1. The van der Waals surface area contributed by atoms with Crippen molar-refractivity contribution in [3.63, 3.8) is 0 Å². The summed E-state index contributed by atoms with van der Waals surface area (Å²) in [4.78, 5) is 35.8. The van der Waals surface area contributed by atoms with E-state index in [9.17, 15) is 14.4 Å². The molecular formula is C24H24N4O6. The second kappa shape index (κ2) is 11.2. The number of primary amides is 1. The van der Waals surface area contributed by atoms with Crippen molar-refractivity contribution in [3.05, 3.63) is 72.3 Å². The molecular weight excluding hydrogens is 440 g/mol. The van der Waals surface area contributed by atoms with Crippen molar-refractivity contribution in [2.45, 2.75) is 0 Å². The Morgan fingerprint density at radius 1 is 0.765 bits per heavy atom. The molecule has 0 aliphatic heterocycles. The van der Waals surface area contributed by atoms with Crippen LogP contribution < -0.4 is 35.9 Å². The maximum Gasteiger partial charge on any atom is 0.316 e. The van der Waals surface area contributed by atoms with Gasteiger partial charge in [-0.2, -0.15) is 0 Å². The monoisotopic (exact) mass is 464 g/mol. The smallest absolute Gasteiger partial charge is 0.316 e. The van der Waals surface area contributed by atoms with Gasteiger partial charge in [0.2, 0.25) is 0 Å². The Balaban J connectivity index is 1.61. The molecule has 0 heterocycles. The molecule has 0 atom stereocenters. The number of para-hydroxylation sites is 2. The van der Waals surface area contributed by atoms with E-state index in [2.05, 4.69) is 16.0 Å². The predicted molar refractivity (Wildman–Crippen MR) is 128 cm³/mol. The Morgan fingerprint density at radius 2 is 1.41 bits per heavy atom. The number of rotatable bonds is 9. The summed E-state index contributed by atoms with van der Waals surface area (Å²) in [6.45, 7) is -0.272. The van der Waals surface area contributed by atoms with Gasteiger partial charge in [-0.05, 0) is 54.6 Å². The number of carbonyl (C=O) groups excluding carboxylic acids is 3. The maximum absolute atomic E-state index is 12.6. The fraction of sp³-hybridized carbons (Fsp3) is 0.125. The Bertz CT molecular complexity index is 1180. The van der Waals surface area contributed by atoms with Crippen LogP contribution in [0, 0.1) is 0 Å². The molecule has 0 fully saturated rings. The second-order valence-electron chi connectivity index (χ2n) is 6.92. The Labute approximate surface area is 196 Å². The normalized spacial score (nSPS) is 10.1.